The lowest BCUT2D eigenvalue weighted by molar-refractivity contribution is -0.131. The Morgan fingerprint density at radius 2 is 1.95 bits per heavy atom. The zero-order chi connectivity index (χ0) is 15.7. The molecule has 4 heteroatoms. The van der Waals surface area contributed by atoms with Gasteiger partial charge in [-0.25, -0.2) is 0 Å². The number of hydrogen-bond donors (Lipinski definition) is 1. The van der Waals surface area contributed by atoms with E-state index in [0.29, 0.717) is 32.1 Å². The lowest BCUT2D eigenvalue weighted by Gasteiger charge is -2.21. The molecule has 0 bridgehead atoms. The van der Waals surface area contributed by atoms with Crippen molar-refractivity contribution in [3.63, 3.8) is 0 Å². The Balaban J connectivity index is 2.15. The SMILES string of the molecule is CC(C)C(N)CCN(C)C(=O)CCOCc1ccccc1. The van der Waals surface area contributed by atoms with Crippen LogP contribution in [0.4, 0.5) is 0 Å². The molecule has 1 unspecified atom stereocenters. The lowest BCUT2D eigenvalue weighted by Crippen LogP contribution is -2.35. The number of nitrogens with zero attached hydrogens (tertiary/aromatic N) is 1. The fourth-order valence-corrected chi connectivity index (χ4v) is 1.92. The van der Waals surface area contributed by atoms with Gasteiger partial charge in [-0.2, -0.15) is 0 Å². The van der Waals surface area contributed by atoms with Gasteiger partial charge in [-0.3, -0.25) is 4.79 Å². The Labute approximate surface area is 128 Å². The molecular weight excluding hydrogens is 264 g/mol. The Morgan fingerprint density at radius 1 is 1.29 bits per heavy atom. The molecule has 118 valence electrons. The van der Waals surface area contributed by atoms with E-state index < -0.39 is 0 Å². The molecule has 1 rings (SSSR count). The van der Waals surface area contributed by atoms with Gasteiger partial charge in [0.2, 0.25) is 5.91 Å². The second-order valence-corrected chi connectivity index (χ2v) is 5.80. The van der Waals surface area contributed by atoms with Crippen LogP contribution < -0.4 is 5.73 Å². The third-order valence-electron chi connectivity index (χ3n) is 3.65. The molecule has 21 heavy (non-hydrogen) atoms. The van der Waals surface area contributed by atoms with Crippen LogP contribution in [0.15, 0.2) is 30.3 Å². The van der Waals surface area contributed by atoms with E-state index in [1.54, 1.807) is 4.90 Å². The summed E-state index contributed by atoms with van der Waals surface area (Å²) in [5.41, 5.74) is 7.11. The van der Waals surface area contributed by atoms with Gasteiger partial charge in [0.1, 0.15) is 0 Å². The van der Waals surface area contributed by atoms with Gasteiger partial charge in [-0.15, -0.1) is 0 Å². The molecule has 1 aromatic rings. The third kappa shape index (κ3) is 7.25. The molecular formula is C17H28N2O2. The Kier molecular flexibility index (Phi) is 8.01. The first-order valence-corrected chi connectivity index (χ1v) is 7.62. The standard InChI is InChI=1S/C17H28N2O2/c1-14(2)16(18)9-11-19(3)17(20)10-12-21-13-15-7-5-4-6-8-15/h4-8,14,16H,9-13,18H2,1-3H3. The van der Waals surface area contributed by atoms with Gasteiger partial charge in [-0.1, -0.05) is 44.2 Å². The topological polar surface area (TPSA) is 55.6 Å². The third-order valence-corrected chi connectivity index (χ3v) is 3.65. The fourth-order valence-electron chi connectivity index (χ4n) is 1.92. The van der Waals surface area contributed by atoms with Crippen LogP contribution in [0.5, 0.6) is 0 Å². The molecule has 0 spiro atoms. The largest absolute Gasteiger partial charge is 0.376 e. The summed E-state index contributed by atoms with van der Waals surface area (Å²) in [6.45, 7) is 5.91. The summed E-state index contributed by atoms with van der Waals surface area (Å²) in [6.07, 6.45) is 1.25. The van der Waals surface area contributed by atoms with Crippen LogP contribution in [-0.4, -0.2) is 37.0 Å². The van der Waals surface area contributed by atoms with Crippen molar-refractivity contribution in [1.29, 1.82) is 0 Å². The molecule has 1 amide bonds. The zero-order valence-corrected chi connectivity index (χ0v) is 13.4. The van der Waals surface area contributed by atoms with E-state index in [2.05, 4.69) is 13.8 Å². The van der Waals surface area contributed by atoms with Crippen molar-refractivity contribution in [3.8, 4) is 0 Å². The summed E-state index contributed by atoms with van der Waals surface area (Å²) in [5, 5.41) is 0. The quantitative estimate of drug-likeness (QED) is 0.711. The zero-order valence-electron chi connectivity index (χ0n) is 13.4. The normalized spacial score (nSPS) is 12.4. The van der Waals surface area contributed by atoms with Crippen molar-refractivity contribution in [2.45, 2.75) is 39.3 Å². The summed E-state index contributed by atoms with van der Waals surface area (Å²) in [4.78, 5) is 13.7. The minimum atomic E-state index is 0.110. The van der Waals surface area contributed by atoms with Crippen molar-refractivity contribution in [2.75, 3.05) is 20.2 Å². The van der Waals surface area contributed by atoms with Crippen LogP contribution in [0, 0.1) is 5.92 Å². The predicted molar refractivity (Wildman–Crippen MR) is 85.8 cm³/mol. The highest BCUT2D eigenvalue weighted by Crippen LogP contribution is 2.05. The van der Waals surface area contributed by atoms with Gasteiger partial charge < -0.3 is 15.4 Å². The van der Waals surface area contributed by atoms with E-state index in [-0.39, 0.29) is 11.9 Å². The number of carbonyl (C=O) groups is 1. The van der Waals surface area contributed by atoms with Gasteiger partial charge >= 0.3 is 0 Å². The highest BCUT2D eigenvalue weighted by atomic mass is 16.5. The molecule has 0 aliphatic carbocycles. The van der Waals surface area contributed by atoms with Crippen molar-refractivity contribution < 1.29 is 9.53 Å². The summed E-state index contributed by atoms with van der Waals surface area (Å²) in [7, 11) is 1.83. The van der Waals surface area contributed by atoms with Gasteiger partial charge in [0.05, 0.1) is 19.6 Å². The molecule has 4 nitrogen and oxygen atoms in total. The first-order chi connectivity index (χ1) is 10.0. The summed E-state index contributed by atoms with van der Waals surface area (Å²) in [6, 6.07) is 10.1. The van der Waals surface area contributed by atoms with E-state index in [0.717, 1.165) is 12.0 Å². The first kappa shape index (κ1) is 17.7. The summed E-state index contributed by atoms with van der Waals surface area (Å²) < 4.78 is 5.53. The lowest BCUT2D eigenvalue weighted by atomic mass is 10.0. The van der Waals surface area contributed by atoms with Crippen molar-refractivity contribution in [3.05, 3.63) is 35.9 Å². The van der Waals surface area contributed by atoms with E-state index in [1.807, 2.05) is 37.4 Å². The fraction of sp³-hybridized carbons (Fsp3) is 0.588. The molecule has 0 fully saturated rings. The van der Waals surface area contributed by atoms with Crippen LogP contribution in [0.25, 0.3) is 0 Å². The molecule has 0 saturated heterocycles. The Bertz CT molecular complexity index is 407. The second kappa shape index (κ2) is 9.53. The van der Waals surface area contributed by atoms with Gasteiger partial charge in [0, 0.05) is 19.6 Å². The maximum atomic E-state index is 11.9. The maximum absolute atomic E-state index is 11.9. The average Bonchev–Trinajstić information content (AvgIpc) is 2.49. The van der Waals surface area contributed by atoms with E-state index in [9.17, 15) is 4.79 Å². The second-order valence-electron chi connectivity index (χ2n) is 5.80. The van der Waals surface area contributed by atoms with Crippen LogP contribution in [0.2, 0.25) is 0 Å². The van der Waals surface area contributed by atoms with Crippen molar-refractivity contribution in [2.24, 2.45) is 11.7 Å². The molecule has 1 aromatic carbocycles. The van der Waals surface area contributed by atoms with Crippen LogP contribution >= 0.6 is 0 Å². The molecule has 0 saturated carbocycles. The average molecular weight is 292 g/mol. The minimum absolute atomic E-state index is 0.110. The summed E-state index contributed by atoms with van der Waals surface area (Å²) >= 11 is 0. The predicted octanol–water partition coefficient (Wildman–Crippen LogP) is 2.43. The number of nitrogens with two attached hydrogens (primary N) is 1. The monoisotopic (exact) mass is 292 g/mol. The Hall–Kier alpha value is -1.39. The number of amides is 1. The molecule has 1 atom stereocenters. The van der Waals surface area contributed by atoms with Crippen molar-refractivity contribution >= 4 is 5.91 Å². The smallest absolute Gasteiger partial charge is 0.224 e. The van der Waals surface area contributed by atoms with E-state index in [4.69, 9.17) is 10.5 Å². The highest BCUT2D eigenvalue weighted by molar-refractivity contribution is 5.75. The number of benzene rings is 1. The van der Waals surface area contributed by atoms with Crippen molar-refractivity contribution in [1.82, 2.24) is 4.90 Å². The number of hydrogen-bond acceptors (Lipinski definition) is 3. The maximum Gasteiger partial charge on any atom is 0.224 e. The van der Waals surface area contributed by atoms with Crippen LogP contribution in [0.1, 0.15) is 32.3 Å². The molecule has 0 radical (unpaired) electrons. The summed E-state index contributed by atoms with van der Waals surface area (Å²) in [5.74, 6) is 0.557. The van der Waals surface area contributed by atoms with Gasteiger partial charge in [0.25, 0.3) is 0 Å². The molecule has 0 heterocycles. The van der Waals surface area contributed by atoms with Crippen LogP contribution in [0.3, 0.4) is 0 Å². The van der Waals surface area contributed by atoms with E-state index >= 15 is 0 Å². The number of rotatable bonds is 9. The minimum Gasteiger partial charge on any atom is -0.376 e. The van der Waals surface area contributed by atoms with Gasteiger partial charge in [0.15, 0.2) is 0 Å². The number of carbonyl (C=O) groups excluding carboxylic acids is 1. The van der Waals surface area contributed by atoms with E-state index in [1.165, 1.54) is 0 Å². The first-order valence-electron chi connectivity index (χ1n) is 7.62. The number of ether oxygens (including phenoxy) is 1. The van der Waals surface area contributed by atoms with Gasteiger partial charge in [-0.05, 0) is 17.9 Å². The molecule has 0 aliphatic heterocycles. The van der Waals surface area contributed by atoms with Crippen LogP contribution in [-0.2, 0) is 16.1 Å². The molecule has 2 N–H and O–H groups in total. The molecule has 0 aliphatic rings. The molecule has 0 aromatic heterocycles. The Morgan fingerprint density at radius 3 is 2.57 bits per heavy atom. The highest BCUT2D eigenvalue weighted by Gasteiger charge is 2.12.